The van der Waals surface area contributed by atoms with E-state index in [-0.39, 0.29) is 0 Å². The maximum atomic E-state index is 10.7. The van der Waals surface area contributed by atoms with Gasteiger partial charge in [-0.15, -0.1) is 0 Å². The minimum atomic E-state index is -1.44. The SMILES string of the molecule is NC(=O)c1ccc(C(N)=O)cc1.O=C(O)c1c(O)cc[nH]c1=O. The molecule has 120 valence electrons. The number of aromatic hydroxyl groups is 1. The predicted molar refractivity (Wildman–Crippen MR) is 79.2 cm³/mol. The van der Waals surface area contributed by atoms with Crippen LogP contribution in [0.1, 0.15) is 31.1 Å². The zero-order valence-corrected chi connectivity index (χ0v) is 11.6. The quantitative estimate of drug-likeness (QED) is 0.516. The fraction of sp³-hybridized carbons (Fsp3) is 0. The second-order valence-electron chi connectivity index (χ2n) is 4.18. The van der Waals surface area contributed by atoms with Crippen LogP contribution >= 0.6 is 0 Å². The minimum Gasteiger partial charge on any atom is -0.507 e. The number of carboxylic acid groups (broad SMARTS) is 1. The Bertz CT molecular complexity index is 762. The number of hydrogen-bond donors (Lipinski definition) is 5. The number of H-pyrrole nitrogens is 1. The summed E-state index contributed by atoms with van der Waals surface area (Å²) < 4.78 is 0. The fourth-order valence-electron chi connectivity index (χ4n) is 1.47. The van der Waals surface area contributed by atoms with Gasteiger partial charge in [0.1, 0.15) is 5.75 Å². The summed E-state index contributed by atoms with van der Waals surface area (Å²) in [4.78, 5) is 44.2. The van der Waals surface area contributed by atoms with Crippen molar-refractivity contribution in [1.29, 1.82) is 0 Å². The molecule has 0 fully saturated rings. The summed E-state index contributed by atoms with van der Waals surface area (Å²) in [6.07, 6.45) is 1.17. The van der Waals surface area contributed by atoms with Crippen LogP contribution in [0.5, 0.6) is 5.75 Å². The molecule has 0 aliphatic rings. The van der Waals surface area contributed by atoms with Gasteiger partial charge in [-0.1, -0.05) is 0 Å². The average Bonchev–Trinajstić information content (AvgIpc) is 2.47. The molecule has 0 saturated heterocycles. The van der Waals surface area contributed by atoms with Gasteiger partial charge in [-0.25, -0.2) is 4.79 Å². The van der Waals surface area contributed by atoms with E-state index in [2.05, 4.69) is 4.98 Å². The van der Waals surface area contributed by atoms with Gasteiger partial charge in [-0.2, -0.15) is 0 Å². The molecule has 0 atom stereocenters. The third-order valence-corrected chi connectivity index (χ3v) is 2.61. The van der Waals surface area contributed by atoms with E-state index < -0.39 is 34.7 Å². The number of carbonyl (C=O) groups excluding carboxylic acids is 2. The Balaban J connectivity index is 0.000000231. The maximum absolute atomic E-state index is 10.7. The standard InChI is InChI=1S/C8H8N2O2.C6H5NO4/c9-7(11)5-1-2-6(4-3-5)8(10)12;8-3-1-2-7-5(9)4(3)6(10)11/h1-4H,(H2,9,11)(H2,10,12);1-2H,(H,10,11)(H2,7,8,9). The lowest BCUT2D eigenvalue weighted by Gasteiger charge is -1.96. The average molecular weight is 319 g/mol. The van der Waals surface area contributed by atoms with Crippen molar-refractivity contribution in [2.24, 2.45) is 11.5 Å². The normalized spacial score (nSPS) is 9.39. The number of hydrogen-bond acceptors (Lipinski definition) is 5. The van der Waals surface area contributed by atoms with Crippen LogP contribution in [0.25, 0.3) is 0 Å². The number of primary amides is 2. The molecule has 0 bridgehead atoms. The van der Waals surface area contributed by atoms with Crippen LogP contribution in [-0.2, 0) is 0 Å². The van der Waals surface area contributed by atoms with Crippen molar-refractivity contribution >= 4 is 17.8 Å². The lowest BCUT2D eigenvalue weighted by molar-refractivity contribution is 0.0691. The van der Waals surface area contributed by atoms with E-state index in [1.165, 1.54) is 30.5 Å². The molecule has 23 heavy (non-hydrogen) atoms. The van der Waals surface area contributed by atoms with Gasteiger partial charge in [-0.05, 0) is 30.3 Å². The number of aromatic carboxylic acids is 1. The third-order valence-electron chi connectivity index (χ3n) is 2.61. The molecule has 0 aliphatic heterocycles. The molecular weight excluding hydrogens is 306 g/mol. The van der Waals surface area contributed by atoms with Crippen molar-refractivity contribution < 1.29 is 24.6 Å². The van der Waals surface area contributed by atoms with Gasteiger partial charge in [0.15, 0.2) is 5.56 Å². The molecule has 0 saturated carbocycles. The number of carbonyl (C=O) groups is 3. The summed E-state index contributed by atoms with van der Waals surface area (Å²) in [5, 5.41) is 17.2. The number of benzene rings is 1. The van der Waals surface area contributed by atoms with Crippen molar-refractivity contribution in [2.75, 3.05) is 0 Å². The summed E-state index contributed by atoms with van der Waals surface area (Å²) in [6, 6.07) is 6.94. The number of aromatic nitrogens is 1. The van der Waals surface area contributed by atoms with Crippen LogP contribution < -0.4 is 17.0 Å². The summed E-state index contributed by atoms with van der Waals surface area (Å²) in [5.74, 6) is -3.01. The number of nitrogens with two attached hydrogens (primary N) is 2. The highest BCUT2D eigenvalue weighted by Gasteiger charge is 2.12. The summed E-state index contributed by atoms with van der Waals surface area (Å²) in [5.41, 5.74) is 9.25. The molecule has 9 nitrogen and oxygen atoms in total. The number of aromatic amines is 1. The summed E-state index contributed by atoms with van der Waals surface area (Å²) >= 11 is 0. The van der Waals surface area contributed by atoms with E-state index in [0.717, 1.165) is 6.07 Å². The predicted octanol–water partition coefficient (Wildman–Crippen LogP) is -0.337. The van der Waals surface area contributed by atoms with Crippen molar-refractivity contribution in [3.8, 4) is 5.75 Å². The van der Waals surface area contributed by atoms with Crippen molar-refractivity contribution in [2.45, 2.75) is 0 Å². The summed E-state index contributed by atoms with van der Waals surface area (Å²) in [6.45, 7) is 0. The van der Waals surface area contributed by atoms with Crippen molar-refractivity contribution in [1.82, 2.24) is 4.98 Å². The molecule has 0 aliphatic carbocycles. The van der Waals surface area contributed by atoms with Gasteiger partial charge in [0.2, 0.25) is 11.8 Å². The number of rotatable bonds is 3. The van der Waals surface area contributed by atoms with Crippen LogP contribution in [0.3, 0.4) is 0 Å². The van der Waals surface area contributed by atoms with E-state index >= 15 is 0 Å². The first-order valence-corrected chi connectivity index (χ1v) is 6.07. The largest absolute Gasteiger partial charge is 0.507 e. The van der Waals surface area contributed by atoms with Crippen LogP contribution in [-0.4, -0.2) is 33.0 Å². The molecule has 1 aromatic carbocycles. The minimum absolute atomic E-state index is 0.361. The van der Waals surface area contributed by atoms with Gasteiger partial charge in [0.25, 0.3) is 5.56 Å². The Morgan fingerprint density at radius 1 is 0.913 bits per heavy atom. The van der Waals surface area contributed by atoms with Gasteiger partial charge in [0, 0.05) is 17.3 Å². The molecule has 0 spiro atoms. The summed E-state index contributed by atoms with van der Waals surface area (Å²) in [7, 11) is 0. The number of amides is 2. The lowest BCUT2D eigenvalue weighted by Crippen LogP contribution is -2.16. The van der Waals surface area contributed by atoms with Crippen LogP contribution in [0.4, 0.5) is 0 Å². The third kappa shape index (κ3) is 4.70. The number of carboxylic acids is 1. The van der Waals surface area contributed by atoms with Crippen molar-refractivity contribution in [3.05, 3.63) is 63.6 Å². The monoisotopic (exact) mass is 319 g/mol. The maximum Gasteiger partial charge on any atom is 0.345 e. The van der Waals surface area contributed by atoms with Crippen LogP contribution in [0, 0.1) is 0 Å². The first-order chi connectivity index (χ1) is 10.7. The first kappa shape index (κ1) is 17.4. The van der Waals surface area contributed by atoms with Gasteiger partial charge >= 0.3 is 5.97 Å². The van der Waals surface area contributed by atoms with E-state index in [0.29, 0.717) is 11.1 Å². The molecule has 2 rings (SSSR count). The number of nitrogens with one attached hydrogen (secondary N) is 1. The van der Waals surface area contributed by atoms with E-state index in [1.807, 2.05) is 0 Å². The van der Waals surface area contributed by atoms with E-state index in [9.17, 15) is 19.2 Å². The molecule has 0 unspecified atom stereocenters. The Labute approximate surface area is 129 Å². The van der Waals surface area contributed by atoms with Gasteiger partial charge in [0.05, 0.1) is 0 Å². The van der Waals surface area contributed by atoms with E-state index in [4.69, 9.17) is 21.7 Å². The van der Waals surface area contributed by atoms with Crippen LogP contribution in [0.15, 0.2) is 41.3 Å². The molecule has 9 heteroatoms. The smallest absolute Gasteiger partial charge is 0.345 e. The molecule has 2 amide bonds. The second kappa shape index (κ2) is 7.41. The van der Waals surface area contributed by atoms with Gasteiger partial charge in [-0.3, -0.25) is 14.4 Å². The highest BCUT2D eigenvalue weighted by atomic mass is 16.4. The molecule has 0 radical (unpaired) electrons. The molecule has 1 aromatic heterocycles. The van der Waals surface area contributed by atoms with Crippen molar-refractivity contribution in [3.63, 3.8) is 0 Å². The Kier molecular flexibility index (Phi) is 5.61. The molecule has 1 heterocycles. The molecule has 7 N–H and O–H groups in total. The highest BCUT2D eigenvalue weighted by Crippen LogP contribution is 2.09. The van der Waals surface area contributed by atoms with Crippen LogP contribution in [0.2, 0.25) is 0 Å². The topological polar surface area (TPSA) is 177 Å². The molecule has 2 aromatic rings. The van der Waals surface area contributed by atoms with Gasteiger partial charge < -0.3 is 26.7 Å². The fourth-order valence-corrected chi connectivity index (χ4v) is 1.47. The van der Waals surface area contributed by atoms with E-state index in [1.54, 1.807) is 0 Å². The zero-order chi connectivity index (χ0) is 17.6. The Hall–Kier alpha value is -3.62. The molecular formula is C14H13N3O6. The lowest BCUT2D eigenvalue weighted by atomic mass is 10.1. The number of pyridine rings is 1. The zero-order valence-electron chi connectivity index (χ0n) is 11.6. The Morgan fingerprint density at radius 2 is 1.35 bits per heavy atom. The Morgan fingerprint density at radius 3 is 1.61 bits per heavy atom. The highest BCUT2D eigenvalue weighted by molar-refractivity contribution is 5.96. The second-order valence-corrected chi connectivity index (χ2v) is 4.18. The first-order valence-electron chi connectivity index (χ1n) is 6.07.